The van der Waals surface area contributed by atoms with Crippen LogP contribution >= 0.6 is 0 Å². The largest absolute Gasteiger partial charge is 0.480 e. The minimum atomic E-state index is -1.06. The molecular weight excluding hydrogens is 208 g/mol. The fraction of sp³-hybridized carbons (Fsp3) is 0.636. The molecular formula is C11H18N2O3. The molecule has 0 unspecified atom stereocenters. The fourth-order valence-corrected chi connectivity index (χ4v) is 1.95. The van der Waals surface area contributed by atoms with E-state index in [1.807, 2.05) is 0 Å². The van der Waals surface area contributed by atoms with E-state index >= 15 is 0 Å². The average Bonchev–Trinajstić information content (AvgIpc) is 2.68. The summed E-state index contributed by atoms with van der Waals surface area (Å²) in [6.07, 6.45) is 4.31. The molecule has 0 aromatic rings. The first kappa shape index (κ1) is 12.5. The van der Waals surface area contributed by atoms with Crippen molar-refractivity contribution in [1.82, 2.24) is 10.2 Å². The van der Waals surface area contributed by atoms with E-state index in [9.17, 15) is 14.7 Å². The fourth-order valence-electron chi connectivity index (χ4n) is 1.95. The quantitative estimate of drug-likeness (QED) is 0.708. The first-order chi connectivity index (χ1) is 7.52. The van der Waals surface area contributed by atoms with E-state index in [1.54, 1.807) is 13.1 Å². The average molecular weight is 226 g/mol. The van der Waals surface area contributed by atoms with Gasteiger partial charge in [0.05, 0.1) is 0 Å². The van der Waals surface area contributed by atoms with Crippen molar-refractivity contribution in [3.8, 4) is 0 Å². The topological polar surface area (TPSA) is 69.6 Å². The number of amides is 2. The van der Waals surface area contributed by atoms with Crippen LogP contribution in [0.25, 0.3) is 0 Å². The predicted molar refractivity (Wildman–Crippen MR) is 60.2 cm³/mol. The highest BCUT2D eigenvalue weighted by Crippen LogP contribution is 2.29. The first-order valence-corrected chi connectivity index (χ1v) is 5.39. The second kappa shape index (κ2) is 5.01. The van der Waals surface area contributed by atoms with Crippen LogP contribution in [-0.4, -0.2) is 41.1 Å². The molecule has 0 spiro atoms. The molecule has 1 rings (SSSR count). The Morgan fingerprint density at radius 3 is 2.50 bits per heavy atom. The molecule has 2 N–H and O–H groups in total. The van der Waals surface area contributed by atoms with E-state index in [-0.39, 0.29) is 6.03 Å². The number of nitrogens with one attached hydrogen (secondary N) is 1. The van der Waals surface area contributed by atoms with Crippen molar-refractivity contribution in [2.45, 2.75) is 31.2 Å². The van der Waals surface area contributed by atoms with Crippen LogP contribution in [0.5, 0.6) is 0 Å². The molecule has 0 radical (unpaired) electrons. The van der Waals surface area contributed by atoms with E-state index in [0.717, 1.165) is 12.8 Å². The zero-order valence-electron chi connectivity index (χ0n) is 9.53. The van der Waals surface area contributed by atoms with Gasteiger partial charge in [-0.2, -0.15) is 0 Å². The minimum absolute atomic E-state index is 0.357. The highest BCUT2D eigenvalue weighted by atomic mass is 16.4. The summed E-state index contributed by atoms with van der Waals surface area (Å²) in [5.41, 5.74) is -1.06. The monoisotopic (exact) mass is 226 g/mol. The molecule has 16 heavy (non-hydrogen) atoms. The highest BCUT2D eigenvalue weighted by molar-refractivity contribution is 5.86. The van der Waals surface area contributed by atoms with Gasteiger partial charge in [-0.25, -0.2) is 9.59 Å². The first-order valence-electron chi connectivity index (χ1n) is 5.39. The zero-order chi connectivity index (χ0) is 12.2. The lowest BCUT2D eigenvalue weighted by molar-refractivity contribution is -0.144. The molecule has 0 atom stereocenters. The number of hydrogen-bond donors (Lipinski definition) is 2. The number of carboxylic acids is 1. The molecule has 5 heteroatoms. The van der Waals surface area contributed by atoms with Gasteiger partial charge in [-0.05, 0) is 12.8 Å². The standard InChI is InChI=1S/C11H18N2O3/c1-3-8-13(2)10(16)12-11(9(14)15)6-4-5-7-11/h3H,1,4-8H2,2H3,(H,12,16)(H,14,15). The van der Waals surface area contributed by atoms with E-state index in [1.165, 1.54) is 4.90 Å². The van der Waals surface area contributed by atoms with Gasteiger partial charge >= 0.3 is 12.0 Å². The number of nitrogens with zero attached hydrogens (tertiary/aromatic N) is 1. The van der Waals surface area contributed by atoms with Crippen molar-refractivity contribution in [2.24, 2.45) is 0 Å². The highest BCUT2D eigenvalue weighted by Gasteiger charge is 2.43. The Bertz CT molecular complexity index is 296. The summed E-state index contributed by atoms with van der Waals surface area (Å²) in [6.45, 7) is 3.93. The number of rotatable bonds is 4. The molecule has 0 aliphatic heterocycles. The molecule has 1 aliphatic carbocycles. The lowest BCUT2D eigenvalue weighted by Gasteiger charge is -2.28. The van der Waals surface area contributed by atoms with Gasteiger partial charge in [-0.1, -0.05) is 18.9 Å². The molecule has 0 bridgehead atoms. The van der Waals surface area contributed by atoms with Gasteiger partial charge in [0, 0.05) is 13.6 Å². The zero-order valence-corrected chi connectivity index (χ0v) is 9.53. The van der Waals surface area contributed by atoms with Crippen molar-refractivity contribution in [3.05, 3.63) is 12.7 Å². The van der Waals surface area contributed by atoms with Gasteiger partial charge in [0.25, 0.3) is 0 Å². The number of carbonyl (C=O) groups excluding carboxylic acids is 1. The number of carbonyl (C=O) groups is 2. The van der Waals surface area contributed by atoms with Gasteiger partial charge < -0.3 is 15.3 Å². The maximum atomic E-state index is 11.7. The number of likely N-dealkylation sites (N-methyl/N-ethyl adjacent to an activating group) is 1. The van der Waals surface area contributed by atoms with Crippen molar-refractivity contribution < 1.29 is 14.7 Å². The molecule has 5 nitrogen and oxygen atoms in total. The molecule has 1 aliphatic rings. The second-order valence-electron chi connectivity index (χ2n) is 4.19. The Hall–Kier alpha value is -1.52. The molecule has 0 saturated heterocycles. The molecule has 0 heterocycles. The second-order valence-corrected chi connectivity index (χ2v) is 4.19. The maximum Gasteiger partial charge on any atom is 0.329 e. The third kappa shape index (κ3) is 2.53. The smallest absolute Gasteiger partial charge is 0.329 e. The van der Waals surface area contributed by atoms with Crippen LogP contribution in [-0.2, 0) is 4.79 Å². The van der Waals surface area contributed by atoms with Crippen molar-refractivity contribution >= 4 is 12.0 Å². The summed E-state index contributed by atoms with van der Waals surface area (Å²) in [5.74, 6) is -0.939. The van der Waals surface area contributed by atoms with Crippen LogP contribution < -0.4 is 5.32 Å². The Morgan fingerprint density at radius 2 is 2.06 bits per heavy atom. The normalized spacial score (nSPS) is 17.8. The number of carboxylic acid groups (broad SMARTS) is 1. The number of aliphatic carboxylic acids is 1. The van der Waals surface area contributed by atoms with Crippen LogP contribution in [0.4, 0.5) is 4.79 Å². The Labute approximate surface area is 95.1 Å². The molecule has 0 aromatic heterocycles. The Kier molecular flexibility index (Phi) is 3.93. The van der Waals surface area contributed by atoms with Crippen molar-refractivity contribution in [2.75, 3.05) is 13.6 Å². The van der Waals surface area contributed by atoms with Crippen LogP contribution in [0.2, 0.25) is 0 Å². The molecule has 90 valence electrons. The molecule has 0 aromatic carbocycles. The Morgan fingerprint density at radius 1 is 1.50 bits per heavy atom. The SMILES string of the molecule is C=CCN(C)C(=O)NC1(C(=O)O)CCCC1. The summed E-state index contributed by atoms with van der Waals surface area (Å²) >= 11 is 0. The maximum absolute atomic E-state index is 11.7. The Balaban J connectivity index is 2.66. The number of hydrogen-bond acceptors (Lipinski definition) is 2. The minimum Gasteiger partial charge on any atom is -0.480 e. The van der Waals surface area contributed by atoms with Crippen LogP contribution in [0, 0.1) is 0 Å². The molecule has 1 fully saturated rings. The van der Waals surface area contributed by atoms with Gasteiger partial charge in [0.2, 0.25) is 0 Å². The van der Waals surface area contributed by atoms with Crippen molar-refractivity contribution in [1.29, 1.82) is 0 Å². The summed E-state index contributed by atoms with van der Waals surface area (Å²) < 4.78 is 0. The summed E-state index contributed by atoms with van der Waals surface area (Å²) in [5, 5.41) is 11.8. The summed E-state index contributed by atoms with van der Waals surface area (Å²) in [4.78, 5) is 24.3. The summed E-state index contributed by atoms with van der Waals surface area (Å²) in [7, 11) is 1.61. The van der Waals surface area contributed by atoms with Crippen LogP contribution in [0.3, 0.4) is 0 Å². The third-order valence-electron chi connectivity index (χ3n) is 2.96. The van der Waals surface area contributed by atoms with E-state index in [4.69, 9.17) is 0 Å². The van der Waals surface area contributed by atoms with E-state index in [0.29, 0.717) is 19.4 Å². The van der Waals surface area contributed by atoms with Gasteiger partial charge in [-0.3, -0.25) is 0 Å². The van der Waals surface area contributed by atoms with E-state index in [2.05, 4.69) is 11.9 Å². The van der Waals surface area contributed by atoms with Crippen molar-refractivity contribution in [3.63, 3.8) is 0 Å². The number of urea groups is 1. The summed E-state index contributed by atoms with van der Waals surface area (Å²) in [6, 6.07) is -0.357. The van der Waals surface area contributed by atoms with Crippen LogP contribution in [0.15, 0.2) is 12.7 Å². The molecule has 1 saturated carbocycles. The lowest BCUT2D eigenvalue weighted by Crippen LogP contribution is -2.55. The van der Waals surface area contributed by atoms with Crippen LogP contribution in [0.1, 0.15) is 25.7 Å². The third-order valence-corrected chi connectivity index (χ3v) is 2.96. The predicted octanol–water partition coefficient (Wildman–Crippen LogP) is 1.21. The lowest BCUT2D eigenvalue weighted by atomic mass is 9.98. The van der Waals surface area contributed by atoms with Gasteiger partial charge in [0.15, 0.2) is 0 Å². The van der Waals surface area contributed by atoms with Gasteiger partial charge in [-0.15, -0.1) is 6.58 Å². The molecule has 2 amide bonds. The van der Waals surface area contributed by atoms with E-state index < -0.39 is 11.5 Å². The van der Waals surface area contributed by atoms with Gasteiger partial charge in [0.1, 0.15) is 5.54 Å².